The fourth-order valence-corrected chi connectivity index (χ4v) is 4.23. The normalized spacial score (nSPS) is 27.6. The number of carbonyl (C=O) groups is 3. The zero-order chi connectivity index (χ0) is 19.0. The molecule has 3 heterocycles. The summed E-state index contributed by atoms with van der Waals surface area (Å²) < 4.78 is 0. The summed E-state index contributed by atoms with van der Waals surface area (Å²) in [5.41, 5.74) is 2.70. The molecule has 3 aliphatic rings. The van der Waals surface area contributed by atoms with Crippen LogP contribution in [-0.2, 0) is 22.7 Å². The second-order valence-corrected chi connectivity index (χ2v) is 7.39. The van der Waals surface area contributed by atoms with E-state index >= 15 is 0 Å². The molecule has 0 aromatic heterocycles. The van der Waals surface area contributed by atoms with Crippen molar-refractivity contribution in [1.82, 2.24) is 20.9 Å². The van der Waals surface area contributed by atoms with Gasteiger partial charge in [0.2, 0.25) is 11.8 Å². The van der Waals surface area contributed by atoms with Crippen LogP contribution in [0.1, 0.15) is 34.3 Å². The Hall–Kier alpha value is -2.51. The van der Waals surface area contributed by atoms with Gasteiger partial charge in [-0.2, -0.15) is 0 Å². The minimum Gasteiger partial charge on any atom is -0.322 e. The van der Waals surface area contributed by atoms with Crippen molar-refractivity contribution in [3.63, 3.8) is 0 Å². The topological polar surface area (TPSA) is 90.5 Å². The van der Waals surface area contributed by atoms with Crippen LogP contribution >= 0.6 is 0 Å². The van der Waals surface area contributed by atoms with Crippen molar-refractivity contribution in [3.05, 3.63) is 47.5 Å². The zero-order valence-corrected chi connectivity index (χ0v) is 15.2. The third-order valence-corrected chi connectivity index (χ3v) is 5.80. The Morgan fingerprint density at radius 1 is 1.26 bits per heavy atom. The van der Waals surface area contributed by atoms with Gasteiger partial charge in [-0.3, -0.25) is 19.7 Å². The highest BCUT2D eigenvalue weighted by atomic mass is 16.2. The lowest BCUT2D eigenvalue weighted by molar-refractivity contribution is -0.136. The maximum absolute atomic E-state index is 12.9. The quantitative estimate of drug-likeness (QED) is 0.514. The van der Waals surface area contributed by atoms with Gasteiger partial charge in [0.15, 0.2) is 0 Å². The van der Waals surface area contributed by atoms with Gasteiger partial charge in [0.25, 0.3) is 5.91 Å². The number of imide groups is 1. The number of nitrogens with zero attached hydrogens (tertiary/aromatic N) is 1. The van der Waals surface area contributed by atoms with Crippen LogP contribution in [0.25, 0.3) is 0 Å². The molecular weight excluding hydrogens is 344 g/mol. The van der Waals surface area contributed by atoms with E-state index in [9.17, 15) is 14.4 Å². The van der Waals surface area contributed by atoms with Gasteiger partial charge in [-0.25, -0.2) is 0 Å². The first-order valence-corrected chi connectivity index (χ1v) is 9.40. The van der Waals surface area contributed by atoms with Gasteiger partial charge in [-0.15, -0.1) is 6.58 Å². The van der Waals surface area contributed by atoms with Crippen molar-refractivity contribution in [3.8, 4) is 0 Å². The van der Waals surface area contributed by atoms with Gasteiger partial charge >= 0.3 is 0 Å². The molecule has 2 fully saturated rings. The lowest BCUT2D eigenvalue weighted by Gasteiger charge is -2.29. The summed E-state index contributed by atoms with van der Waals surface area (Å²) in [6, 6.07) is 5.48. The summed E-state index contributed by atoms with van der Waals surface area (Å²) in [4.78, 5) is 38.0. The lowest BCUT2D eigenvalue weighted by Crippen LogP contribution is -2.52. The van der Waals surface area contributed by atoms with E-state index in [1.165, 1.54) is 0 Å². The van der Waals surface area contributed by atoms with E-state index in [2.05, 4.69) is 22.5 Å². The average Bonchev–Trinajstić information content (AvgIpc) is 3.25. The van der Waals surface area contributed by atoms with Crippen molar-refractivity contribution in [2.75, 3.05) is 13.1 Å². The molecule has 0 spiro atoms. The molecule has 0 aliphatic carbocycles. The molecule has 3 amide bonds. The Morgan fingerprint density at radius 2 is 2.11 bits per heavy atom. The summed E-state index contributed by atoms with van der Waals surface area (Å²) in [5.74, 6) is -0.388. The Bertz CT molecular complexity index is 806. The number of carbonyl (C=O) groups excluding carboxylic acids is 3. The molecule has 27 heavy (non-hydrogen) atoms. The Balaban J connectivity index is 1.50. The second-order valence-electron chi connectivity index (χ2n) is 7.39. The monoisotopic (exact) mass is 368 g/mol. The van der Waals surface area contributed by atoms with Crippen molar-refractivity contribution < 1.29 is 14.4 Å². The van der Waals surface area contributed by atoms with E-state index < -0.39 is 6.04 Å². The average molecular weight is 368 g/mol. The lowest BCUT2D eigenvalue weighted by atomic mass is 10.0. The van der Waals surface area contributed by atoms with Crippen LogP contribution in [0.4, 0.5) is 0 Å². The van der Waals surface area contributed by atoms with E-state index in [-0.39, 0.29) is 24.1 Å². The molecule has 4 rings (SSSR count). The van der Waals surface area contributed by atoms with Crippen molar-refractivity contribution in [2.24, 2.45) is 5.92 Å². The molecule has 0 saturated carbocycles. The number of amides is 3. The highest BCUT2D eigenvalue weighted by Gasteiger charge is 2.39. The van der Waals surface area contributed by atoms with Crippen LogP contribution in [0.5, 0.6) is 0 Å². The summed E-state index contributed by atoms with van der Waals surface area (Å²) in [5, 5.41) is 9.27. The number of hydrogen-bond acceptors (Lipinski definition) is 5. The molecule has 1 aromatic carbocycles. The molecule has 7 nitrogen and oxygen atoms in total. The summed E-state index contributed by atoms with van der Waals surface area (Å²) in [6.45, 7) is 6.79. The summed E-state index contributed by atoms with van der Waals surface area (Å²) >= 11 is 0. The number of fused-ring (bicyclic) bond motifs is 1. The maximum Gasteiger partial charge on any atom is 0.255 e. The van der Waals surface area contributed by atoms with Crippen LogP contribution in [0.3, 0.4) is 0 Å². The predicted molar refractivity (Wildman–Crippen MR) is 99.7 cm³/mol. The van der Waals surface area contributed by atoms with Crippen molar-refractivity contribution in [1.29, 1.82) is 0 Å². The SMILES string of the molecule is C=C[C@@H]1CNC[C@@H]1NCc1cccc2c1CN(C1CCC(=O)NC1=O)C2=O. The van der Waals surface area contributed by atoms with Crippen molar-refractivity contribution >= 4 is 17.7 Å². The molecule has 3 N–H and O–H groups in total. The van der Waals surface area contributed by atoms with E-state index in [1.54, 1.807) is 4.90 Å². The van der Waals surface area contributed by atoms with Crippen LogP contribution in [0.2, 0.25) is 0 Å². The summed E-state index contributed by atoms with van der Waals surface area (Å²) in [7, 11) is 0. The van der Waals surface area contributed by atoms with Crippen LogP contribution < -0.4 is 16.0 Å². The third kappa shape index (κ3) is 3.28. The molecule has 7 heteroatoms. The van der Waals surface area contributed by atoms with E-state index in [4.69, 9.17) is 0 Å². The molecule has 1 aromatic rings. The largest absolute Gasteiger partial charge is 0.322 e. The number of rotatable bonds is 5. The Kier molecular flexibility index (Phi) is 4.80. The number of hydrogen-bond donors (Lipinski definition) is 3. The number of benzene rings is 1. The third-order valence-electron chi connectivity index (χ3n) is 5.80. The number of nitrogens with one attached hydrogen (secondary N) is 3. The van der Waals surface area contributed by atoms with Gasteiger partial charge in [-0.1, -0.05) is 18.2 Å². The molecular formula is C20H24N4O3. The van der Waals surface area contributed by atoms with Crippen LogP contribution in [-0.4, -0.2) is 47.8 Å². The molecule has 2 saturated heterocycles. The fraction of sp³-hybridized carbons (Fsp3) is 0.450. The highest BCUT2D eigenvalue weighted by Crippen LogP contribution is 2.30. The standard InChI is InChI=1S/C20H24N4O3/c1-2-12-8-21-10-16(12)22-9-13-4-3-5-14-15(13)11-24(20(14)27)17-6-7-18(25)23-19(17)26/h2-5,12,16-17,21-22H,1,6-11H2,(H,23,25,26)/t12-,16+,17?/m1/s1. The number of piperidine rings is 1. The van der Waals surface area contributed by atoms with Gasteiger partial charge in [0.1, 0.15) is 6.04 Å². The van der Waals surface area contributed by atoms with E-state index in [1.807, 2.05) is 24.3 Å². The van der Waals surface area contributed by atoms with E-state index in [0.717, 1.165) is 24.2 Å². The smallest absolute Gasteiger partial charge is 0.255 e. The van der Waals surface area contributed by atoms with Gasteiger partial charge < -0.3 is 15.5 Å². The molecule has 3 atom stereocenters. The van der Waals surface area contributed by atoms with Gasteiger partial charge in [-0.05, 0) is 23.6 Å². The molecule has 1 unspecified atom stereocenters. The fourth-order valence-electron chi connectivity index (χ4n) is 4.23. The zero-order valence-electron chi connectivity index (χ0n) is 15.2. The molecule has 0 bridgehead atoms. The first-order chi connectivity index (χ1) is 13.1. The first-order valence-electron chi connectivity index (χ1n) is 9.40. The molecule has 3 aliphatic heterocycles. The van der Waals surface area contributed by atoms with Crippen LogP contribution in [0, 0.1) is 5.92 Å². The van der Waals surface area contributed by atoms with E-state index in [0.29, 0.717) is 37.0 Å². The van der Waals surface area contributed by atoms with Crippen molar-refractivity contribution in [2.45, 2.75) is 38.0 Å². The Morgan fingerprint density at radius 3 is 2.89 bits per heavy atom. The van der Waals surface area contributed by atoms with Gasteiger partial charge in [0.05, 0.1) is 0 Å². The molecule has 0 radical (unpaired) electrons. The highest BCUT2D eigenvalue weighted by molar-refractivity contribution is 6.05. The van der Waals surface area contributed by atoms with Gasteiger partial charge in [0, 0.05) is 50.1 Å². The predicted octanol–water partition coefficient (Wildman–Crippen LogP) is 0.311. The summed E-state index contributed by atoms with van der Waals surface area (Å²) in [6.07, 6.45) is 2.62. The minimum absolute atomic E-state index is 0.132. The minimum atomic E-state index is -0.576. The van der Waals surface area contributed by atoms with Crippen LogP contribution in [0.15, 0.2) is 30.9 Å². The molecule has 142 valence electrons. The Labute approximate surface area is 158 Å². The first kappa shape index (κ1) is 17.9. The second kappa shape index (κ2) is 7.25. The maximum atomic E-state index is 12.9.